The number of nitrogens with one attached hydrogen (secondary N) is 2. The van der Waals surface area contributed by atoms with Crippen LogP contribution in [0.3, 0.4) is 0 Å². The highest BCUT2D eigenvalue weighted by atomic mass is 16.5. The molecule has 0 saturated carbocycles. The monoisotopic (exact) mass is 418 g/mol. The van der Waals surface area contributed by atoms with E-state index < -0.39 is 17.6 Å². The molecule has 1 amide bonds. The van der Waals surface area contributed by atoms with Gasteiger partial charge in [0.25, 0.3) is 0 Å². The van der Waals surface area contributed by atoms with Gasteiger partial charge in [-0.1, -0.05) is 30.3 Å². The molecule has 0 aliphatic heterocycles. The molecular weight excluding hydrogens is 396 g/mol. The fraction of sp³-hybridized carbons (Fsp3) is 0.208. The lowest BCUT2D eigenvalue weighted by atomic mass is 10.0. The normalized spacial score (nSPS) is 12.1. The molecule has 0 spiro atoms. The molecule has 0 bridgehead atoms. The summed E-state index contributed by atoms with van der Waals surface area (Å²) in [5.41, 5.74) is 3.28. The number of esters is 1. The number of rotatable bonds is 6. The summed E-state index contributed by atoms with van der Waals surface area (Å²) < 4.78 is 10.7. The van der Waals surface area contributed by atoms with E-state index in [4.69, 9.17) is 9.15 Å². The third kappa shape index (κ3) is 4.50. The number of aromatic amines is 1. The number of ether oxygens (including phenoxy) is 1. The van der Waals surface area contributed by atoms with Crippen molar-refractivity contribution in [3.05, 3.63) is 81.8 Å². The minimum atomic E-state index is -0.856. The summed E-state index contributed by atoms with van der Waals surface area (Å²) in [6, 6.07) is 13.7. The van der Waals surface area contributed by atoms with Crippen LogP contribution < -0.4 is 10.9 Å². The number of para-hydroxylation sites is 1. The molecule has 158 valence electrons. The largest absolute Gasteiger partial charge is 0.459 e. The van der Waals surface area contributed by atoms with Crippen LogP contribution in [0.1, 0.15) is 23.6 Å². The Morgan fingerprint density at radius 1 is 1.10 bits per heavy atom. The molecular formula is C24H22N2O5. The first-order chi connectivity index (χ1) is 14.9. The molecule has 2 aromatic carbocycles. The van der Waals surface area contributed by atoms with Crippen molar-refractivity contribution < 1.29 is 18.7 Å². The molecule has 7 heteroatoms. The first kappa shape index (κ1) is 20.4. The number of H-pyrrole nitrogens is 1. The standard InChI is InChI=1S/C24H22N2O5/c1-14-7-8-19-17(11-23(28)31-22(19)9-14)13-30-24(29)21(26-15(2)27)10-16-12-25-20-6-4-3-5-18(16)20/h3-9,11-12,21,25H,10,13H2,1-2H3,(H,26,27)/t21-/m0/s1. The number of amides is 1. The van der Waals surface area contributed by atoms with Gasteiger partial charge in [-0.2, -0.15) is 0 Å². The molecule has 0 aliphatic carbocycles. The Hall–Kier alpha value is -3.87. The van der Waals surface area contributed by atoms with Crippen LogP contribution in [0, 0.1) is 6.92 Å². The van der Waals surface area contributed by atoms with E-state index in [1.54, 1.807) is 6.07 Å². The van der Waals surface area contributed by atoms with Crippen molar-refractivity contribution in [3.63, 3.8) is 0 Å². The average molecular weight is 418 g/mol. The second kappa shape index (κ2) is 8.47. The van der Waals surface area contributed by atoms with Crippen molar-refractivity contribution in [3.8, 4) is 0 Å². The van der Waals surface area contributed by atoms with Gasteiger partial charge in [-0.05, 0) is 30.2 Å². The van der Waals surface area contributed by atoms with Gasteiger partial charge in [0.1, 0.15) is 18.2 Å². The highest BCUT2D eigenvalue weighted by molar-refractivity contribution is 5.87. The van der Waals surface area contributed by atoms with Crippen LogP contribution in [0.5, 0.6) is 0 Å². The predicted molar refractivity (Wildman–Crippen MR) is 117 cm³/mol. The highest BCUT2D eigenvalue weighted by Crippen LogP contribution is 2.21. The molecule has 4 aromatic rings. The van der Waals surface area contributed by atoms with Gasteiger partial charge in [0.2, 0.25) is 5.91 Å². The van der Waals surface area contributed by atoms with Crippen molar-refractivity contribution in [2.24, 2.45) is 0 Å². The second-order valence-electron chi connectivity index (χ2n) is 7.51. The van der Waals surface area contributed by atoms with E-state index in [1.807, 2.05) is 49.5 Å². The Labute approximate surface area is 178 Å². The van der Waals surface area contributed by atoms with Crippen molar-refractivity contribution >= 4 is 33.7 Å². The van der Waals surface area contributed by atoms with Crippen molar-refractivity contribution in [1.82, 2.24) is 10.3 Å². The van der Waals surface area contributed by atoms with Gasteiger partial charge in [0.05, 0.1) is 0 Å². The van der Waals surface area contributed by atoms with Crippen LogP contribution >= 0.6 is 0 Å². The Morgan fingerprint density at radius 2 is 1.90 bits per heavy atom. The van der Waals surface area contributed by atoms with Crippen LogP contribution in [0.4, 0.5) is 0 Å². The number of hydrogen-bond acceptors (Lipinski definition) is 5. The minimum absolute atomic E-state index is 0.103. The summed E-state index contributed by atoms with van der Waals surface area (Å²) >= 11 is 0. The van der Waals surface area contributed by atoms with E-state index >= 15 is 0 Å². The summed E-state index contributed by atoms with van der Waals surface area (Å²) in [4.78, 5) is 39.6. The number of hydrogen-bond donors (Lipinski definition) is 2. The molecule has 7 nitrogen and oxygen atoms in total. The van der Waals surface area contributed by atoms with Crippen LogP contribution in [-0.4, -0.2) is 22.9 Å². The average Bonchev–Trinajstić information content (AvgIpc) is 3.13. The van der Waals surface area contributed by atoms with Crippen LogP contribution in [0.15, 0.2) is 63.9 Å². The highest BCUT2D eigenvalue weighted by Gasteiger charge is 2.23. The van der Waals surface area contributed by atoms with Gasteiger partial charge in [0.15, 0.2) is 0 Å². The third-order valence-electron chi connectivity index (χ3n) is 5.12. The molecule has 2 heterocycles. The van der Waals surface area contributed by atoms with Gasteiger partial charge < -0.3 is 19.5 Å². The third-order valence-corrected chi connectivity index (χ3v) is 5.12. The van der Waals surface area contributed by atoms with E-state index in [2.05, 4.69) is 10.3 Å². The van der Waals surface area contributed by atoms with Crippen molar-refractivity contribution in [1.29, 1.82) is 0 Å². The Bertz CT molecular complexity index is 1330. The Balaban J connectivity index is 1.55. The number of carbonyl (C=O) groups excluding carboxylic acids is 2. The Morgan fingerprint density at radius 3 is 2.71 bits per heavy atom. The number of carbonyl (C=O) groups is 2. The van der Waals surface area contributed by atoms with E-state index in [0.29, 0.717) is 16.5 Å². The number of aromatic nitrogens is 1. The molecule has 31 heavy (non-hydrogen) atoms. The molecule has 0 unspecified atom stereocenters. The molecule has 2 aromatic heterocycles. The quantitative estimate of drug-likeness (QED) is 0.369. The molecule has 0 radical (unpaired) electrons. The molecule has 0 fully saturated rings. The molecule has 2 N–H and O–H groups in total. The molecule has 1 atom stereocenters. The summed E-state index contributed by atoms with van der Waals surface area (Å²) in [7, 11) is 0. The summed E-state index contributed by atoms with van der Waals surface area (Å²) in [5.74, 6) is -0.906. The van der Waals surface area contributed by atoms with E-state index in [9.17, 15) is 14.4 Å². The zero-order chi connectivity index (χ0) is 22.0. The summed E-state index contributed by atoms with van der Waals surface area (Å²) in [6.45, 7) is 3.15. The maximum Gasteiger partial charge on any atom is 0.336 e. The van der Waals surface area contributed by atoms with E-state index in [1.165, 1.54) is 13.0 Å². The topological polar surface area (TPSA) is 101 Å². The molecule has 4 rings (SSSR count). The van der Waals surface area contributed by atoms with Gasteiger partial charge in [0, 0.05) is 47.5 Å². The lowest BCUT2D eigenvalue weighted by Gasteiger charge is -2.17. The first-order valence-corrected chi connectivity index (χ1v) is 9.93. The van der Waals surface area contributed by atoms with Gasteiger partial charge in [-0.25, -0.2) is 9.59 Å². The van der Waals surface area contributed by atoms with Crippen LogP contribution in [0.25, 0.3) is 21.9 Å². The SMILES string of the molecule is CC(=O)N[C@@H](Cc1c[nH]c2ccccc12)C(=O)OCc1cc(=O)oc2cc(C)ccc12. The number of fused-ring (bicyclic) bond motifs is 2. The maximum absolute atomic E-state index is 12.8. The summed E-state index contributed by atoms with van der Waals surface area (Å²) in [6.07, 6.45) is 2.10. The lowest BCUT2D eigenvalue weighted by Crippen LogP contribution is -2.42. The first-order valence-electron chi connectivity index (χ1n) is 9.93. The smallest absolute Gasteiger partial charge is 0.336 e. The maximum atomic E-state index is 12.8. The van der Waals surface area contributed by atoms with Gasteiger partial charge in [-0.3, -0.25) is 4.79 Å². The summed E-state index contributed by atoms with van der Waals surface area (Å²) in [5, 5.41) is 4.35. The fourth-order valence-corrected chi connectivity index (χ4v) is 3.67. The minimum Gasteiger partial charge on any atom is -0.459 e. The van der Waals surface area contributed by atoms with Gasteiger partial charge >= 0.3 is 11.6 Å². The molecule has 0 aliphatic rings. The fourth-order valence-electron chi connectivity index (χ4n) is 3.67. The van der Waals surface area contributed by atoms with Crippen LogP contribution in [-0.2, 0) is 27.4 Å². The van der Waals surface area contributed by atoms with Crippen LogP contribution in [0.2, 0.25) is 0 Å². The zero-order valence-electron chi connectivity index (χ0n) is 17.2. The zero-order valence-corrected chi connectivity index (χ0v) is 17.2. The molecule has 0 saturated heterocycles. The van der Waals surface area contributed by atoms with E-state index in [0.717, 1.165) is 22.0 Å². The van der Waals surface area contributed by atoms with E-state index in [-0.39, 0.29) is 18.9 Å². The second-order valence-corrected chi connectivity index (χ2v) is 7.51. The Kier molecular flexibility index (Phi) is 5.58. The predicted octanol–water partition coefficient (Wildman–Crippen LogP) is 3.37. The van der Waals surface area contributed by atoms with Gasteiger partial charge in [-0.15, -0.1) is 0 Å². The lowest BCUT2D eigenvalue weighted by molar-refractivity contribution is -0.148. The van der Waals surface area contributed by atoms with Crippen molar-refractivity contribution in [2.45, 2.75) is 32.9 Å². The van der Waals surface area contributed by atoms with Crippen molar-refractivity contribution in [2.75, 3.05) is 0 Å². The number of aryl methyl sites for hydroxylation is 1. The number of benzene rings is 2.